The highest BCUT2D eigenvalue weighted by Gasteiger charge is 2.34. The van der Waals surface area contributed by atoms with E-state index < -0.39 is 17.6 Å². The minimum absolute atomic E-state index is 0.0176. The molecule has 0 radical (unpaired) electrons. The number of nitrogens with one attached hydrogen (secondary N) is 2. The third kappa shape index (κ3) is 6.14. The molecule has 5 rings (SSSR count). The second-order valence-electron chi connectivity index (χ2n) is 9.81. The molecule has 214 valence electrons. The third-order valence-electron chi connectivity index (χ3n) is 6.58. The van der Waals surface area contributed by atoms with Crippen LogP contribution in [0, 0.1) is 6.92 Å². The molecule has 1 amide bonds. The predicted molar refractivity (Wildman–Crippen MR) is 148 cm³/mol. The number of ether oxygens (including phenoxy) is 2. The molecule has 0 bridgehead atoms. The number of aromatic nitrogens is 4. The summed E-state index contributed by atoms with van der Waals surface area (Å²) >= 11 is 0. The minimum atomic E-state index is -4.64. The van der Waals surface area contributed by atoms with Crippen LogP contribution >= 0.6 is 0 Å². The molecule has 0 unspecified atom stereocenters. The van der Waals surface area contributed by atoms with Crippen molar-refractivity contribution in [2.45, 2.75) is 39.2 Å². The van der Waals surface area contributed by atoms with Crippen molar-refractivity contribution in [1.82, 2.24) is 19.9 Å². The van der Waals surface area contributed by atoms with Gasteiger partial charge in [0.2, 0.25) is 5.95 Å². The van der Waals surface area contributed by atoms with Crippen LogP contribution in [0.15, 0.2) is 48.9 Å². The fraction of sp³-hybridized carbons (Fsp3) is 0.321. The van der Waals surface area contributed by atoms with E-state index in [1.165, 1.54) is 12.4 Å². The maximum Gasteiger partial charge on any atom is 0.420 e. The highest BCUT2D eigenvalue weighted by molar-refractivity contribution is 6.05. The molecule has 10 nitrogen and oxygen atoms in total. The van der Waals surface area contributed by atoms with Crippen molar-refractivity contribution in [1.29, 1.82) is 0 Å². The highest BCUT2D eigenvalue weighted by Crippen LogP contribution is 2.38. The number of hydrogen-bond acceptors (Lipinski definition) is 9. The summed E-state index contributed by atoms with van der Waals surface area (Å²) in [6, 6.07) is 8.26. The second kappa shape index (κ2) is 11.2. The fourth-order valence-electron chi connectivity index (χ4n) is 4.67. The van der Waals surface area contributed by atoms with Crippen LogP contribution in [0.1, 0.15) is 35.3 Å². The number of fused-ring (bicyclic) bond motifs is 1. The molecular formula is C28H28F3N7O3. The van der Waals surface area contributed by atoms with Crippen LogP contribution in [0.25, 0.3) is 11.0 Å². The number of benzene rings is 2. The average molecular weight is 568 g/mol. The van der Waals surface area contributed by atoms with Crippen LogP contribution in [0.3, 0.4) is 0 Å². The zero-order chi connectivity index (χ0) is 29.3. The number of anilines is 4. The Morgan fingerprint density at radius 3 is 2.54 bits per heavy atom. The van der Waals surface area contributed by atoms with E-state index in [1.54, 1.807) is 24.4 Å². The van der Waals surface area contributed by atoms with Gasteiger partial charge in [-0.3, -0.25) is 4.79 Å². The van der Waals surface area contributed by atoms with Gasteiger partial charge in [-0.05, 0) is 56.7 Å². The molecule has 4 aromatic rings. The maximum absolute atomic E-state index is 13.4. The van der Waals surface area contributed by atoms with Gasteiger partial charge in [0, 0.05) is 30.0 Å². The summed E-state index contributed by atoms with van der Waals surface area (Å²) in [6.07, 6.45) is -1.57. The Hall–Kier alpha value is -4.52. The molecule has 1 aliphatic rings. The SMILES string of the molecule is COc1ccc(NC(=O)c2ccc(C)c(Nc3ncnc4cnc(N5C[C@@H](C)O[C@@H](C)C5)nc34)c2)cc1C(F)(F)F. The van der Waals surface area contributed by atoms with E-state index in [9.17, 15) is 18.0 Å². The number of carbonyl (C=O) groups is 1. The molecule has 2 aromatic heterocycles. The average Bonchev–Trinajstić information content (AvgIpc) is 2.93. The fourth-order valence-corrected chi connectivity index (χ4v) is 4.67. The van der Waals surface area contributed by atoms with Gasteiger partial charge in [0.25, 0.3) is 5.91 Å². The molecular weight excluding hydrogens is 539 g/mol. The second-order valence-corrected chi connectivity index (χ2v) is 9.81. The summed E-state index contributed by atoms with van der Waals surface area (Å²) in [4.78, 5) is 32.9. The Bertz CT molecular complexity index is 1590. The highest BCUT2D eigenvalue weighted by atomic mass is 19.4. The topological polar surface area (TPSA) is 114 Å². The van der Waals surface area contributed by atoms with Crippen molar-refractivity contribution >= 4 is 40.1 Å². The number of aryl methyl sites for hydroxylation is 1. The number of carbonyl (C=O) groups excluding carboxylic acids is 1. The quantitative estimate of drug-likeness (QED) is 0.318. The largest absolute Gasteiger partial charge is 0.496 e. The molecule has 1 aliphatic heterocycles. The van der Waals surface area contributed by atoms with Gasteiger partial charge in [-0.25, -0.2) is 19.9 Å². The van der Waals surface area contributed by atoms with Crippen LogP contribution in [0.5, 0.6) is 5.75 Å². The van der Waals surface area contributed by atoms with Gasteiger partial charge in [0.05, 0.1) is 31.1 Å². The first-order valence-corrected chi connectivity index (χ1v) is 12.8. The van der Waals surface area contributed by atoms with Crippen LogP contribution in [0.2, 0.25) is 0 Å². The van der Waals surface area contributed by atoms with Gasteiger partial charge in [0.1, 0.15) is 23.1 Å². The molecule has 3 heterocycles. The van der Waals surface area contributed by atoms with E-state index in [-0.39, 0.29) is 29.2 Å². The molecule has 1 fully saturated rings. The van der Waals surface area contributed by atoms with Crippen LogP contribution < -0.4 is 20.3 Å². The zero-order valence-corrected chi connectivity index (χ0v) is 22.8. The van der Waals surface area contributed by atoms with Crippen molar-refractivity contribution < 1.29 is 27.4 Å². The number of halogens is 3. The molecule has 0 spiro atoms. The molecule has 2 atom stereocenters. The number of morpholine rings is 1. The smallest absolute Gasteiger partial charge is 0.420 e. The number of rotatable bonds is 6. The standard InChI is InChI=1S/C28H28F3N7O3/c1-15-5-6-18(26(39)35-19-7-8-23(40-4)20(10-19)28(29,30)31)9-21(15)36-25-24-22(33-14-34-25)11-32-27(37-24)38-12-16(2)41-17(3)13-38/h5-11,14,16-17H,12-13H2,1-4H3,(H,35,39)(H,33,34,36)/t16-,17+. The number of methoxy groups -OCH3 is 1. The van der Waals surface area contributed by atoms with Gasteiger partial charge in [-0.15, -0.1) is 0 Å². The molecule has 0 aliphatic carbocycles. The van der Waals surface area contributed by atoms with Gasteiger partial charge < -0.3 is 25.0 Å². The third-order valence-corrected chi connectivity index (χ3v) is 6.58. The van der Waals surface area contributed by atoms with Gasteiger partial charge in [-0.2, -0.15) is 13.2 Å². The van der Waals surface area contributed by atoms with E-state index >= 15 is 0 Å². The van der Waals surface area contributed by atoms with Crippen molar-refractivity contribution in [2.24, 2.45) is 0 Å². The monoisotopic (exact) mass is 567 g/mol. The van der Waals surface area contributed by atoms with E-state index in [1.807, 2.05) is 20.8 Å². The van der Waals surface area contributed by atoms with Crippen molar-refractivity contribution in [3.63, 3.8) is 0 Å². The van der Waals surface area contributed by atoms with Crippen LogP contribution in [-0.2, 0) is 10.9 Å². The van der Waals surface area contributed by atoms with E-state index in [2.05, 4.69) is 30.5 Å². The zero-order valence-electron chi connectivity index (χ0n) is 22.8. The Balaban J connectivity index is 1.41. The molecule has 0 saturated carbocycles. The van der Waals surface area contributed by atoms with Crippen molar-refractivity contribution in [2.75, 3.05) is 35.7 Å². The van der Waals surface area contributed by atoms with Crippen molar-refractivity contribution in [3.05, 3.63) is 65.6 Å². The Morgan fingerprint density at radius 2 is 1.83 bits per heavy atom. The lowest BCUT2D eigenvalue weighted by Crippen LogP contribution is -2.46. The van der Waals surface area contributed by atoms with Gasteiger partial charge in [-0.1, -0.05) is 6.07 Å². The summed E-state index contributed by atoms with van der Waals surface area (Å²) in [5, 5.41) is 5.77. The Kier molecular flexibility index (Phi) is 7.63. The first-order chi connectivity index (χ1) is 19.5. The number of nitrogens with zero attached hydrogens (tertiary/aromatic N) is 5. The summed E-state index contributed by atoms with van der Waals surface area (Å²) < 4.78 is 50.9. The normalized spacial score (nSPS) is 17.4. The van der Waals surface area contributed by atoms with Gasteiger partial charge >= 0.3 is 6.18 Å². The molecule has 2 aromatic carbocycles. The Labute approximate surface area is 233 Å². The molecule has 13 heteroatoms. The van der Waals surface area contributed by atoms with E-state index in [0.29, 0.717) is 41.6 Å². The summed E-state index contributed by atoms with van der Waals surface area (Å²) in [6.45, 7) is 7.12. The first kappa shape index (κ1) is 28.0. The van der Waals surface area contributed by atoms with Crippen LogP contribution in [0.4, 0.5) is 36.3 Å². The Morgan fingerprint density at radius 1 is 1.07 bits per heavy atom. The van der Waals surface area contributed by atoms with Crippen LogP contribution in [-0.4, -0.2) is 58.3 Å². The van der Waals surface area contributed by atoms with E-state index in [0.717, 1.165) is 24.8 Å². The molecule has 2 N–H and O–H groups in total. The summed E-state index contributed by atoms with van der Waals surface area (Å²) in [5.41, 5.74) is 1.63. The summed E-state index contributed by atoms with van der Waals surface area (Å²) in [5.74, 6) is 0.0246. The number of hydrogen-bond donors (Lipinski definition) is 2. The number of amides is 1. The van der Waals surface area contributed by atoms with Crippen molar-refractivity contribution in [3.8, 4) is 5.75 Å². The van der Waals surface area contributed by atoms with E-state index in [4.69, 9.17) is 14.5 Å². The lowest BCUT2D eigenvalue weighted by molar-refractivity contribution is -0.138. The lowest BCUT2D eigenvalue weighted by atomic mass is 10.1. The number of alkyl halides is 3. The predicted octanol–water partition coefficient (Wildman–Crippen LogP) is 5.37. The maximum atomic E-state index is 13.4. The first-order valence-electron chi connectivity index (χ1n) is 12.8. The molecule has 1 saturated heterocycles. The lowest BCUT2D eigenvalue weighted by Gasteiger charge is -2.35. The molecule has 41 heavy (non-hydrogen) atoms. The van der Waals surface area contributed by atoms with Gasteiger partial charge in [0.15, 0.2) is 5.82 Å². The minimum Gasteiger partial charge on any atom is -0.496 e. The summed E-state index contributed by atoms with van der Waals surface area (Å²) in [7, 11) is 1.15.